The molecule has 1 atom stereocenters. The van der Waals surface area contributed by atoms with Crippen molar-refractivity contribution >= 4 is 17.6 Å². The minimum atomic E-state index is -0.261. The second kappa shape index (κ2) is 6.61. The van der Waals surface area contributed by atoms with Crippen molar-refractivity contribution in [1.29, 1.82) is 0 Å². The summed E-state index contributed by atoms with van der Waals surface area (Å²) in [4.78, 5) is 25.5. The van der Waals surface area contributed by atoms with Gasteiger partial charge in [-0.1, -0.05) is 19.1 Å². The van der Waals surface area contributed by atoms with Gasteiger partial charge in [0.25, 0.3) is 0 Å². The molecule has 0 radical (unpaired) electrons. The predicted molar refractivity (Wildman–Crippen MR) is 83.2 cm³/mol. The van der Waals surface area contributed by atoms with Crippen LogP contribution in [0.4, 0.5) is 10.5 Å². The van der Waals surface area contributed by atoms with Gasteiger partial charge >= 0.3 is 6.03 Å². The lowest BCUT2D eigenvalue weighted by atomic mass is 10.1. The SMILES string of the molecule is CCc1ccc(NC(=O)NC2CC(=O)N(C(C)C)C2)cc1. The molecule has 0 saturated carbocycles. The zero-order chi connectivity index (χ0) is 15.4. The Labute approximate surface area is 125 Å². The first-order chi connectivity index (χ1) is 9.99. The highest BCUT2D eigenvalue weighted by Crippen LogP contribution is 2.15. The number of likely N-dealkylation sites (tertiary alicyclic amines) is 1. The van der Waals surface area contributed by atoms with Gasteiger partial charge < -0.3 is 15.5 Å². The van der Waals surface area contributed by atoms with Crippen molar-refractivity contribution in [2.75, 3.05) is 11.9 Å². The summed E-state index contributed by atoms with van der Waals surface area (Å²) in [5.74, 6) is 0.0996. The number of hydrogen-bond acceptors (Lipinski definition) is 2. The Balaban J connectivity index is 1.86. The first-order valence-electron chi connectivity index (χ1n) is 7.45. The number of amides is 3. The van der Waals surface area contributed by atoms with E-state index in [4.69, 9.17) is 0 Å². The van der Waals surface area contributed by atoms with Crippen molar-refractivity contribution in [3.05, 3.63) is 29.8 Å². The summed E-state index contributed by atoms with van der Waals surface area (Å²) in [6.45, 7) is 6.64. The third-order valence-corrected chi connectivity index (χ3v) is 3.74. The number of benzene rings is 1. The Morgan fingerprint density at radius 2 is 2.00 bits per heavy atom. The number of urea groups is 1. The van der Waals surface area contributed by atoms with Crippen molar-refractivity contribution in [3.63, 3.8) is 0 Å². The highest BCUT2D eigenvalue weighted by Gasteiger charge is 2.31. The fraction of sp³-hybridized carbons (Fsp3) is 0.500. The van der Waals surface area contributed by atoms with Gasteiger partial charge in [0.1, 0.15) is 0 Å². The Bertz CT molecular complexity index is 511. The molecule has 2 rings (SSSR count). The maximum atomic E-state index is 12.0. The molecule has 1 aliphatic heterocycles. The summed E-state index contributed by atoms with van der Waals surface area (Å²) >= 11 is 0. The predicted octanol–water partition coefficient (Wildman–Crippen LogP) is 2.38. The average Bonchev–Trinajstić information content (AvgIpc) is 2.80. The Hall–Kier alpha value is -2.04. The van der Waals surface area contributed by atoms with Crippen molar-refractivity contribution in [3.8, 4) is 0 Å². The van der Waals surface area contributed by atoms with Crippen LogP contribution < -0.4 is 10.6 Å². The molecule has 3 amide bonds. The summed E-state index contributed by atoms with van der Waals surface area (Å²) in [7, 11) is 0. The molecular weight excluding hydrogens is 266 g/mol. The quantitative estimate of drug-likeness (QED) is 0.894. The Morgan fingerprint density at radius 3 is 2.52 bits per heavy atom. The summed E-state index contributed by atoms with van der Waals surface area (Å²) in [5.41, 5.74) is 1.99. The fourth-order valence-electron chi connectivity index (χ4n) is 2.50. The lowest BCUT2D eigenvalue weighted by Gasteiger charge is -2.21. The first-order valence-corrected chi connectivity index (χ1v) is 7.45. The maximum Gasteiger partial charge on any atom is 0.319 e. The van der Waals surface area contributed by atoms with Gasteiger partial charge in [0, 0.05) is 24.7 Å². The number of carbonyl (C=O) groups excluding carboxylic acids is 2. The number of nitrogens with zero attached hydrogens (tertiary/aromatic N) is 1. The van der Waals surface area contributed by atoms with E-state index in [1.165, 1.54) is 5.56 Å². The molecule has 0 spiro atoms. The van der Waals surface area contributed by atoms with E-state index >= 15 is 0 Å². The van der Waals surface area contributed by atoms with E-state index < -0.39 is 0 Å². The molecule has 1 aromatic carbocycles. The van der Waals surface area contributed by atoms with Gasteiger partial charge in [-0.3, -0.25) is 4.79 Å². The molecule has 0 aliphatic carbocycles. The zero-order valence-corrected chi connectivity index (χ0v) is 12.8. The van der Waals surface area contributed by atoms with Crippen LogP contribution in [0.25, 0.3) is 0 Å². The molecule has 1 aliphatic rings. The summed E-state index contributed by atoms with van der Waals surface area (Å²) in [6.07, 6.45) is 1.35. The van der Waals surface area contributed by atoms with Gasteiger partial charge in [0.05, 0.1) is 6.04 Å². The summed E-state index contributed by atoms with van der Waals surface area (Å²) in [6, 6.07) is 7.56. The molecule has 1 aromatic rings. The second-order valence-electron chi connectivity index (χ2n) is 5.69. The number of carbonyl (C=O) groups is 2. The minimum Gasteiger partial charge on any atom is -0.338 e. The summed E-state index contributed by atoms with van der Waals surface area (Å²) in [5, 5.41) is 5.66. The molecule has 0 aromatic heterocycles. The molecular formula is C16H23N3O2. The highest BCUT2D eigenvalue weighted by molar-refractivity contribution is 5.90. The van der Waals surface area contributed by atoms with Gasteiger partial charge in [-0.2, -0.15) is 0 Å². The molecule has 114 valence electrons. The van der Waals surface area contributed by atoms with E-state index in [1.807, 2.05) is 38.1 Å². The number of nitrogens with one attached hydrogen (secondary N) is 2. The zero-order valence-electron chi connectivity index (χ0n) is 12.8. The van der Waals surface area contributed by atoms with Crippen LogP contribution in [0.15, 0.2) is 24.3 Å². The van der Waals surface area contributed by atoms with Crippen LogP contribution in [0, 0.1) is 0 Å². The number of rotatable bonds is 4. The highest BCUT2D eigenvalue weighted by atomic mass is 16.2. The van der Waals surface area contributed by atoms with Crippen LogP contribution >= 0.6 is 0 Å². The second-order valence-corrected chi connectivity index (χ2v) is 5.69. The van der Waals surface area contributed by atoms with E-state index in [2.05, 4.69) is 17.6 Å². The molecule has 5 nitrogen and oxygen atoms in total. The fourth-order valence-corrected chi connectivity index (χ4v) is 2.50. The van der Waals surface area contributed by atoms with Gasteiger partial charge in [0.2, 0.25) is 5.91 Å². The normalized spacial score (nSPS) is 18.2. The van der Waals surface area contributed by atoms with Crippen LogP contribution in [0.5, 0.6) is 0 Å². The van der Waals surface area contributed by atoms with Gasteiger partial charge in [-0.05, 0) is 38.0 Å². The minimum absolute atomic E-state index is 0.0996. The van der Waals surface area contributed by atoms with Gasteiger partial charge in [-0.25, -0.2) is 4.79 Å². The monoisotopic (exact) mass is 289 g/mol. The van der Waals surface area contributed by atoms with E-state index in [1.54, 1.807) is 4.90 Å². The van der Waals surface area contributed by atoms with Gasteiger partial charge in [0.15, 0.2) is 0 Å². The standard InChI is InChI=1S/C16H23N3O2/c1-4-12-5-7-13(8-6-12)17-16(21)18-14-9-15(20)19(10-14)11(2)3/h5-8,11,14H,4,9-10H2,1-3H3,(H2,17,18,21). The molecule has 1 heterocycles. The number of aryl methyl sites for hydroxylation is 1. The molecule has 1 saturated heterocycles. The first kappa shape index (κ1) is 15.4. The average molecular weight is 289 g/mol. The Morgan fingerprint density at radius 1 is 1.33 bits per heavy atom. The molecule has 1 unspecified atom stereocenters. The maximum absolute atomic E-state index is 12.0. The topological polar surface area (TPSA) is 61.4 Å². The van der Waals surface area contributed by atoms with Gasteiger partial charge in [-0.15, -0.1) is 0 Å². The van der Waals surface area contributed by atoms with Crippen LogP contribution in [-0.4, -0.2) is 35.5 Å². The van der Waals surface area contributed by atoms with Crippen molar-refractivity contribution in [2.24, 2.45) is 0 Å². The summed E-state index contributed by atoms with van der Waals surface area (Å²) < 4.78 is 0. The smallest absolute Gasteiger partial charge is 0.319 e. The molecule has 5 heteroatoms. The molecule has 2 N–H and O–H groups in total. The van der Waals surface area contributed by atoms with Crippen LogP contribution in [0.2, 0.25) is 0 Å². The van der Waals surface area contributed by atoms with Crippen molar-refractivity contribution in [1.82, 2.24) is 10.2 Å². The van der Waals surface area contributed by atoms with Crippen molar-refractivity contribution < 1.29 is 9.59 Å². The van der Waals surface area contributed by atoms with E-state index in [9.17, 15) is 9.59 Å². The number of anilines is 1. The third-order valence-electron chi connectivity index (χ3n) is 3.74. The number of hydrogen-bond donors (Lipinski definition) is 2. The van der Waals surface area contributed by atoms with Crippen molar-refractivity contribution in [2.45, 2.75) is 45.7 Å². The van der Waals surface area contributed by atoms with E-state index in [0.717, 1.165) is 12.1 Å². The third kappa shape index (κ3) is 3.97. The van der Waals surface area contributed by atoms with Crippen LogP contribution in [-0.2, 0) is 11.2 Å². The van der Waals surface area contributed by atoms with Crippen LogP contribution in [0.1, 0.15) is 32.8 Å². The molecule has 1 fully saturated rings. The largest absolute Gasteiger partial charge is 0.338 e. The lowest BCUT2D eigenvalue weighted by molar-refractivity contribution is -0.129. The van der Waals surface area contributed by atoms with E-state index in [-0.39, 0.29) is 24.0 Å². The van der Waals surface area contributed by atoms with Crippen LogP contribution in [0.3, 0.4) is 0 Å². The Kier molecular flexibility index (Phi) is 4.83. The lowest BCUT2D eigenvalue weighted by Crippen LogP contribution is -2.40. The van der Waals surface area contributed by atoms with E-state index in [0.29, 0.717) is 13.0 Å². The molecule has 0 bridgehead atoms. The molecule has 21 heavy (non-hydrogen) atoms.